The second-order valence-corrected chi connectivity index (χ2v) is 22.8. The van der Waals surface area contributed by atoms with Gasteiger partial charge in [-0.2, -0.15) is 4.98 Å². The number of nitrogens with one attached hydrogen (secondary N) is 3. The number of likely N-dealkylation sites (tertiary alicyclic amines) is 1. The molecule has 3 aliphatic heterocycles. The van der Waals surface area contributed by atoms with Crippen LogP contribution in [0.15, 0.2) is 71.8 Å². The van der Waals surface area contributed by atoms with Crippen LogP contribution in [0.3, 0.4) is 0 Å². The molecular formula is C53H64FN7O10S. The predicted molar refractivity (Wildman–Crippen MR) is 270 cm³/mol. The third-order valence-corrected chi connectivity index (χ3v) is 17.3. The summed E-state index contributed by atoms with van der Waals surface area (Å²) in [5, 5.41) is 26.3. The molecule has 17 nitrogen and oxygen atoms in total. The van der Waals surface area contributed by atoms with Gasteiger partial charge in [0, 0.05) is 75.5 Å². The minimum absolute atomic E-state index is 0.0231. The zero-order valence-corrected chi connectivity index (χ0v) is 42.1. The lowest BCUT2D eigenvalue weighted by molar-refractivity contribution is -0.384. The molecule has 1 amide bonds. The van der Waals surface area contributed by atoms with Crippen molar-refractivity contribution in [1.82, 2.24) is 19.6 Å². The molecule has 3 aromatic carbocycles. The molecule has 0 bridgehead atoms. The number of sulfonamides is 1. The third-order valence-electron chi connectivity index (χ3n) is 15.9. The van der Waals surface area contributed by atoms with E-state index in [4.69, 9.17) is 18.9 Å². The monoisotopic (exact) mass is 1010 g/mol. The number of carbonyl (C=O) groups excluding carboxylic acids is 1. The number of nitrogens with zero attached hydrogens (tertiary/aromatic N) is 4. The molecular weight excluding hydrogens is 946 g/mol. The Kier molecular flexibility index (Phi) is 13.6. The Balaban J connectivity index is 0.898. The Morgan fingerprint density at radius 3 is 2.53 bits per heavy atom. The summed E-state index contributed by atoms with van der Waals surface area (Å²) < 4.78 is 68.9. The number of aromatic amines is 1. The van der Waals surface area contributed by atoms with E-state index in [-0.39, 0.29) is 82.6 Å². The fourth-order valence-corrected chi connectivity index (χ4v) is 12.9. The van der Waals surface area contributed by atoms with Crippen LogP contribution in [0.1, 0.15) is 112 Å². The number of fused-ring (bicyclic) bond motifs is 2. The number of nitro groups is 1. The number of hydrogen-bond acceptors (Lipinski definition) is 14. The molecule has 19 heteroatoms. The van der Waals surface area contributed by atoms with E-state index in [9.17, 15) is 28.4 Å². The number of hydrogen-bond donors (Lipinski definition) is 4. The lowest BCUT2D eigenvalue weighted by Crippen LogP contribution is -2.63. The van der Waals surface area contributed by atoms with Crippen molar-refractivity contribution in [2.24, 2.45) is 11.3 Å². The largest absolute Gasteiger partial charge is 0.489 e. The van der Waals surface area contributed by atoms with E-state index in [1.165, 1.54) is 49.6 Å². The van der Waals surface area contributed by atoms with E-state index in [0.29, 0.717) is 43.6 Å². The number of aromatic nitrogens is 2. The van der Waals surface area contributed by atoms with Gasteiger partial charge in [0.25, 0.3) is 27.5 Å². The summed E-state index contributed by atoms with van der Waals surface area (Å²) in [4.78, 5) is 37.7. The molecule has 5 heterocycles. The molecule has 2 aliphatic carbocycles. The van der Waals surface area contributed by atoms with Crippen LogP contribution in [0, 0.1) is 27.3 Å². The van der Waals surface area contributed by atoms with Gasteiger partial charge in [0.1, 0.15) is 30.4 Å². The van der Waals surface area contributed by atoms with Crippen LogP contribution < -0.4 is 29.1 Å². The smallest absolute Gasteiger partial charge is 0.297 e. The maximum atomic E-state index is 15.0. The van der Waals surface area contributed by atoms with Gasteiger partial charge in [0.15, 0.2) is 17.2 Å². The summed E-state index contributed by atoms with van der Waals surface area (Å²) in [6, 6.07) is 17.5. The van der Waals surface area contributed by atoms with Crippen LogP contribution in [0.4, 0.5) is 21.5 Å². The molecule has 5 aromatic rings. The van der Waals surface area contributed by atoms with Crippen molar-refractivity contribution in [3.63, 3.8) is 0 Å². The molecule has 2 saturated carbocycles. The van der Waals surface area contributed by atoms with Gasteiger partial charge >= 0.3 is 0 Å². The average molecular weight is 1010 g/mol. The Labute approximate surface area is 419 Å². The fraction of sp³-hybridized carbons (Fsp3) is 0.509. The van der Waals surface area contributed by atoms with Crippen molar-refractivity contribution in [3.05, 3.63) is 99.5 Å². The molecule has 0 unspecified atom stereocenters. The Morgan fingerprint density at radius 2 is 1.79 bits per heavy atom. The Hall–Kier alpha value is -6.02. The SMILES string of the molecule is COCCOc1nc2[nH]cc(F)c2cc1Oc1cc(N2CCC3(CC2)CN([C@@H]2CCC[C@@H]2c2ccccc2C(C)C)C3)ccc1C(=O)NS(=O)(=O)c1cc2c(c([N+](=O)[O-])c1)N[C@@H](C1CCC(C)(O)CC1)CO2. The first-order chi connectivity index (χ1) is 34.5. The fourth-order valence-electron chi connectivity index (χ4n) is 11.9. The Morgan fingerprint density at radius 1 is 1.03 bits per heavy atom. The molecule has 2 aromatic heterocycles. The number of amides is 1. The molecule has 4 N–H and O–H groups in total. The second-order valence-electron chi connectivity index (χ2n) is 21.1. The van der Waals surface area contributed by atoms with Crippen LogP contribution in [0.2, 0.25) is 0 Å². The van der Waals surface area contributed by atoms with Crippen molar-refractivity contribution in [2.75, 3.05) is 63.3 Å². The highest BCUT2D eigenvalue weighted by Gasteiger charge is 2.49. The van der Waals surface area contributed by atoms with E-state index in [0.717, 1.165) is 63.0 Å². The highest BCUT2D eigenvalue weighted by atomic mass is 32.2. The quantitative estimate of drug-likeness (QED) is 0.0438. The number of nitro benzene ring substituents is 1. The number of pyridine rings is 1. The number of benzene rings is 3. The first kappa shape index (κ1) is 49.6. The highest BCUT2D eigenvalue weighted by molar-refractivity contribution is 7.90. The summed E-state index contributed by atoms with van der Waals surface area (Å²) in [6.45, 7) is 10.3. The lowest BCUT2D eigenvalue weighted by Gasteiger charge is -2.57. The second kappa shape index (κ2) is 19.8. The first-order valence-electron chi connectivity index (χ1n) is 25.2. The van der Waals surface area contributed by atoms with Crippen LogP contribution in [-0.2, 0) is 14.8 Å². The van der Waals surface area contributed by atoms with Gasteiger partial charge in [-0.1, -0.05) is 44.5 Å². The van der Waals surface area contributed by atoms with E-state index in [1.54, 1.807) is 19.1 Å². The number of carbonyl (C=O) groups is 1. The summed E-state index contributed by atoms with van der Waals surface area (Å²) in [7, 11) is -3.26. The van der Waals surface area contributed by atoms with Crippen LogP contribution >= 0.6 is 0 Å². The van der Waals surface area contributed by atoms with Gasteiger partial charge < -0.3 is 39.3 Å². The van der Waals surface area contributed by atoms with E-state index < -0.39 is 42.9 Å². The van der Waals surface area contributed by atoms with Gasteiger partial charge in [-0.25, -0.2) is 17.5 Å². The van der Waals surface area contributed by atoms with Crippen molar-refractivity contribution in [3.8, 4) is 23.1 Å². The predicted octanol–water partition coefficient (Wildman–Crippen LogP) is 9.02. The van der Waals surface area contributed by atoms with Crippen LogP contribution in [0.5, 0.6) is 23.1 Å². The summed E-state index contributed by atoms with van der Waals surface area (Å²) in [6.07, 6.45) is 9.23. The van der Waals surface area contributed by atoms with Crippen LogP contribution in [-0.4, -0.2) is 110 Å². The number of aliphatic hydroxyl groups is 1. The standard InChI is InChI=1S/C53H64FN7O10S/c1-32(2)36-8-5-6-9-37(36)38-10-7-11-43(38)60-30-53(31-60)18-20-59(21-19-53)34-12-13-39(45(24-34)71-47-27-40-41(54)28-55-49(40)57-51(47)69-23-22-68-4)50(62)58-72(66,67)35-25-44(61(64)65)48-46(26-35)70-29-42(56-48)33-14-16-52(3,63)17-15-33/h5-6,8-9,12-13,24-28,32-33,38,42-43,56,63H,7,10-11,14-23,29-31H2,1-4H3,(H,55,57)(H,58,62)/t33?,38-,42-,43-,52?/m1/s1. The van der Waals surface area contributed by atoms with E-state index in [2.05, 4.69) is 67.9 Å². The Bertz CT molecular complexity index is 2960. The molecule has 2 saturated heterocycles. The molecule has 72 heavy (non-hydrogen) atoms. The number of anilines is 2. The number of halogens is 1. The van der Waals surface area contributed by atoms with Crippen molar-refractivity contribution < 1.29 is 46.6 Å². The third kappa shape index (κ3) is 9.92. The lowest BCUT2D eigenvalue weighted by atomic mass is 9.70. The van der Waals surface area contributed by atoms with Crippen molar-refractivity contribution in [2.45, 2.75) is 113 Å². The van der Waals surface area contributed by atoms with E-state index >= 15 is 4.39 Å². The van der Waals surface area contributed by atoms with Gasteiger partial charge in [-0.05, 0) is 105 Å². The number of methoxy groups -OCH3 is 1. The van der Waals surface area contributed by atoms with Gasteiger partial charge in [-0.3, -0.25) is 19.8 Å². The van der Waals surface area contributed by atoms with E-state index in [1.807, 2.05) is 0 Å². The maximum absolute atomic E-state index is 15.0. The van der Waals surface area contributed by atoms with Crippen LogP contribution in [0.25, 0.3) is 11.0 Å². The topological polar surface area (TPSA) is 211 Å². The summed E-state index contributed by atoms with van der Waals surface area (Å²) in [5.41, 5.74) is 2.61. The minimum Gasteiger partial charge on any atom is -0.489 e. The van der Waals surface area contributed by atoms with Crippen molar-refractivity contribution in [1.29, 1.82) is 0 Å². The first-order valence-corrected chi connectivity index (χ1v) is 26.7. The minimum atomic E-state index is -4.77. The molecule has 3 atom stereocenters. The summed E-state index contributed by atoms with van der Waals surface area (Å²) in [5.74, 6) is -0.763. The number of H-pyrrole nitrogens is 1. The van der Waals surface area contributed by atoms with Gasteiger partial charge in [0.2, 0.25) is 0 Å². The molecule has 384 valence electrons. The maximum Gasteiger partial charge on any atom is 0.297 e. The van der Waals surface area contributed by atoms with Gasteiger partial charge in [-0.15, -0.1) is 0 Å². The van der Waals surface area contributed by atoms with Crippen molar-refractivity contribution >= 4 is 44.0 Å². The molecule has 5 aliphatic rings. The molecule has 0 radical (unpaired) electrons. The summed E-state index contributed by atoms with van der Waals surface area (Å²) >= 11 is 0. The molecule has 1 spiro atoms. The zero-order valence-electron chi connectivity index (χ0n) is 41.2. The van der Waals surface area contributed by atoms with Gasteiger partial charge in [0.05, 0.1) is 39.0 Å². The zero-order chi connectivity index (χ0) is 50.5. The number of piperidine rings is 1. The number of ether oxygens (including phenoxy) is 4. The molecule has 4 fully saturated rings. The normalized spacial score (nSPS) is 24.1. The average Bonchev–Trinajstić information content (AvgIpc) is 3.98. The molecule has 10 rings (SSSR count). The number of rotatable bonds is 15. The highest BCUT2D eigenvalue weighted by Crippen LogP contribution is 2.50.